The van der Waals surface area contributed by atoms with Crippen molar-refractivity contribution < 1.29 is 9.53 Å². The number of nitrogens with one attached hydrogen (secondary N) is 1. The summed E-state index contributed by atoms with van der Waals surface area (Å²) < 4.78 is 5.47. The van der Waals surface area contributed by atoms with E-state index in [1.807, 2.05) is 25.7 Å². The molecule has 1 aliphatic heterocycles. The third-order valence-electron chi connectivity index (χ3n) is 4.29. The highest BCUT2D eigenvalue weighted by atomic mass is 16.6. The standard InChI is InChI=1S/C17H35N3O2/c1-13(2)14(11-18)12-19-15-7-6-9-20(10-8-15)16(21)22-17(3,4)5/h13-15,19H,6-12,18H2,1-5H3. The van der Waals surface area contributed by atoms with Crippen molar-refractivity contribution in [3.05, 3.63) is 0 Å². The minimum absolute atomic E-state index is 0.185. The second-order valence-electron chi connectivity index (χ2n) is 7.74. The number of nitrogens with two attached hydrogens (primary N) is 1. The molecule has 1 fully saturated rings. The molecule has 5 nitrogen and oxygen atoms in total. The molecule has 2 unspecified atom stereocenters. The van der Waals surface area contributed by atoms with E-state index in [0.717, 1.165) is 45.4 Å². The zero-order valence-corrected chi connectivity index (χ0v) is 15.0. The van der Waals surface area contributed by atoms with Gasteiger partial charge < -0.3 is 20.7 Å². The molecule has 0 spiro atoms. The third-order valence-corrected chi connectivity index (χ3v) is 4.29. The number of hydrogen-bond acceptors (Lipinski definition) is 4. The van der Waals surface area contributed by atoms with Crippen LogP contribution in [0.4, 0.5) is 4.79 Å². The number of hydrogen-bond donors (Lipinski definition) is 2. The maximum Gasteiger partial charge on any atom is 0.410 e. The van der Waals surface area contributed by atoms with Crippen LogP contribution in [0.1, 0.15) is 53.9 Å². The number of nitrogens with zero attached hydrogens (tertiary/aromatic N) is 1. The highest BCUT2D eigenvalue weighted by Crippen LogP contribution is 2.16. The molecular weight excluding hydrogens is 278 g/mol. The SMILES string of the molecule is CC(C)C(CN)CNC1CCCN(C(=O)OC(C)(C)C)CC1. The summed E-state index contributed by atoms with van der Waals surface area (Å²) in [7, 11) is 0. The normalized spacial score (nSPS) is 21.6. The molecule has 1 amide bonds. The molecule has 3 N–H and O–H groups in total. The van der Waals surface area contributed by atoms with E-state index in [9.17, 15) is 4.79 Å². The fourth-order valence-electron chi connectivity index (χ4n) is 2.72. The Kier molecular flexibility index (Phi) is 7.63. The van der Waals surface area contributed by atoms with Crippen LogP contribution in [-0.4, -0.2) is 48.8 Å². The topological polar surface area (TPSA) is 67.6 Å². The van der Waals surface area contributed by atoms with Gasteiger partial charge in [0.1, 0.15) is 5.60 Å². The van der Waals surface area contributed by atoms with Crippen molar-refractivity contribution in [3.8, 4) is 0 Å². The summed E-state index contributed by atoms with van der Waals surface area (Å²) in [6.07, 6.45) is 2.92. The van der Waals surface area contributed by atoms with Crippen molar-refractivity contribution >= 4 is 6.09 Å². The summed E-state index contributed by atoms with van der Waals surface area (Å²) in [6, 6.07) is 0.472. The Bertz CT molecular complexity index is 339. The Morgan fingerprint density at radius 1 is 1.32 bits per heavy atom. The largest absolute Gasteiger partial charge is 0.444 e. The molecule has 1 rings (SSSR count). The number of carbonyl (C=O) groups is 1. The first-order chi connectivity index (χ1) is 10.2. The van der Waals surface area contributed by atoms with E-state index in [1.54, 1.807) is 0 Å². The van der Waals surface area contributed by atoms with E-state index in [2.05, 4.69) is 19.2 Å². The Morgan fingerprint density at radius 2 is 2.00 bits per heavy atom. The highest BCUT2D eigenvalue weighted by Gasteiger charge is 2.25. The van der Waals surface area contributed by atoms with Crippen LogP contribution < -0.4 is 11.1 Å². The van der Waals surface area contributed by atoms with Gasteiger partial charge in [-0.05, 0) is 65.0 Å². The van der Waals surface area contributed by atoms with E-state index >= 15 is 0 Å². The summed E-state index contributed by atoms with van der Waals surface area (Å²) in [6.45, 7) is 13.4. The predicted octanol–water partition coefficient (Wildman–Crippen LogP) is 2.60. The average molecular weight is 313 g/mol. The summed E-state index contributed by atoms with van der Waals surface area (Å²) in [5.74, 6) is 1.12. The number of amides is 1. The van der Waals surface area contributed by atoms with Gasteiger partial charge in [-0.2, -0.15) is 0 Å². The molecule has 1 saturated heterocycles. The van der Waals surface area contributed by atoms with Crippen molar-refractivity contribution in [1.29, 1.82) is 0 Å². The molecule has 1 heterocycles. The van der Waals surface area contributed by atoms with Gasteiger partial charge in [0.25, 0.3) is 0 Å². The minimum atomic E-state index is -0.424. The fourth-order valence-corrected chi connectivity index (χ4v) is 2.72. The van der Waals surface area contributed by atoms with Gasteiger partial charge in [0.2, 0.25) is 0 Å². The molecule has 0 saturated carbocycles. The van der Waals surface area contributed by atoms with Crippen molar-refractivity contribution in [2.75, 3.05) is 26.2 Å². The number of carbonyl (C=O) groups excluding carboxylic acids is 1. The lowest BCUT2D eigenvalue weighted by atomic mass is 9.95. The van der Waals surface area contributed by atoms with E-state index in [-0.39, 0.29) is 6.09 Å². The minimum Gasteiger partial charge on any atom is -0.444 e. The first-order valence-corrected chi connectivity index (χ1v) is 8.64. The summed E-state index contributed by atoms with van der Waals surface area (Å²) in [4.78, 5) is 14.0. The van der Waals surface area contributed by atoms with E-state index < -0.39 is 5.60 Å². The first-order valence-electron chi connectivity index (χ1n) is 8.64. The smallest absolute Gasteiger partial charge is 0.410 e. The monoisotopic (exact) mass is 313 g/mol. The van der Waals surface area contributed by atoms with Crippen molar-refractivity contribution in [1.82, 2.24) is 10.2 Å². The molecule has 130 valence electrons. The second-order valence-corrected chi connectivity index (χ2v) is 7.74. The van der Waals surface area contributed by atoms with E-state index in [1.165, 1.54) is 0 Å². The lowest BCUT2D eigenvalue weighted by molar-refractivity contribution is 0.0256. The van der Waals surface area contributed by atoms with Crippen molar-refractivity contribution in [2.24, 2.45) is 17.6 Å². The van der Waals surface area contributed by atoms with Crippen LogP contribution in [0.15, 0.2) is 0 Å². The Morgan fingerprint density at radius 3 is 2.55 bits per heavy atom. The molecule has 22 heavy (non-hydrogen) atoms. The molecule has 0 bridgehead atoms. The van der Waals surface area contributed by atoms with E-state index in [0.29, 0.717) is 17.9 Å². The Hall–Kier alpha value is -0.810. The fraction of sp³-hybridized carbons (Fsp3) is 0.941. The van der Waals surface area contributed by atoms with Crippen molar-refractivity contribution in [2.45, 2.75) is 65.5 Å². The molecule has 0 aromatic carbocycles. The van der Waals surface area contributed by atoms with Gasteiger partial charge in [-0.3, -0.25) is 0 Å². The molecule has 0 radical (unpaired) electrons. The van der Waals surface area contributed by atoms with Gasteiger partial charge in [-0.15, -0.1) is 0 Å². The number of likely N-dealkylation sites (tertiary alicyclic amines) is 1. The summed E-state index contributed by atoms with van der Waals surface area (Å²) in [5, 5.41) is 3.64. The maximum absolute atomic E-state index is 12.1. The number of ether oxygens (including phenoxy) is 1. The molecule has 0 aromatic rings. The van der Waals surface area contributed by atoms with Crippen molar-refractivity contribution in [3.63, 3.8) is 0 Å². The highest BCUT2D eigenvalue weighted by molar-refractivity contribution is 5.68. The van der Waals surface area contributed by atoms with Crippen LogP contribution >= 0.6 is 0 Å². The van der Waals surface area contributed by atoms with Gasteiger partial charge in [-0.25, -0.2) is 4.79 Å². The zero-order valence-electron chi connectivity index (χ0n) is 15.0. The third kappa shape index (κ3) is 6.97. The molecule has 5 heteroatoms. The summed E-state index contributed by atoms with van der Waals surface area (Å²) in [5.41, 5.74) is 5.41. The van der Waals surface area contributed by atoms with Crippen LogP contribution in [0, 0.1) is 11.8 Å². The second kappa shape index (κ2) is 8.73. The quantitative estimate of drug-likeness (QED) is 0.818. The molecular formula is C17H35N3O2. The van der Waals surface area contributed by atoms with E-state index in [4.69, 9.17) is 10.5 Å². The predicted molar refractivity (Wildman–Crippen MR) is 90.8 cm³/mol. The van der Waals surface area contributed by atoms with Gasteiger partial charge in [0, 0.05) is 19.1 Å². The van der Waals surface area contributed by atoms with Gasteiger partial charge >= 0.3 is 6.09 Å². The first kappa shape index (κ1) is 19.2. The molecule has 1 aliphatic rings. The lowest BCUT2D eigenvalue weighted by Crippen LogP contribution is -2.39. The molecule has 0 aromatic heterocycles. The Labute approximate surface area is 135 Å². The average Bonchev–Trinajstić information content (AvgIpc) is 2.62. The zero-order chi connectivity index (χ0) is 16.8. The van der Waals surface area contributed by atoms with Crippen LogP contribution in [0.5, 0.6) is 0 Å². The van der Waals surface area contributed by atoms with Gasteiger partial charge in [0.05, 0.1) is 0 Å². The Balaban J connectivity index is 2.40. The molecule has 0 aliphatic carbocycles. The van der Waals surface area contributed by atoms with Gasteiger partial charge in [-0.1, -0.05) is 13.8 Å². The molecule has 2 atom stereocenters. The number of rotatable bonds is 5. The van der Waals surface area contributed by atoms with Crippen LogP contribution in [-0.2, 0) is 4.74 Å². The summed E-state index contributed by atoms with van der Waals surface area (Å²) >= 11 is 0. The van der Waals surface area contributed by atoms with Crippen LogP contribution in [0.25, 0.3) is 0 Å². The van der Waals surface area contributed by atoms with Gasteiger partial charge in [0.15, 0.2) is 0 Å². The van der Waals surface area contributed by atoms with Crippen LogP contribution in [0.3, 0.4) is 0 Å². The van der Waals surface area contributed by atoms with Crippen LogP contribution in [0.2, 0.25) is 0 Å². The maximum atomic E-state index is 12.1. The lowest BCUT2D eigenvalue weighted by Gasteiger charge is -2.26.